The van der Waals surface area contributed by atoms with E-state index in [9.17, 15) is 4.79 Å². The van der Waals surface area contributed by atoms with E-state index < -0.39 is 0 Å². The number of anilines is 1. The third kappa shape index (κ3) is 4.68. The van der Waals surface area contributed by atoms with Crippen molar-refractivity contribution in [3.63, 3.8) is 0 Å². The fraction of sp³-hybridized carbons (Fsp3) is 0.0556. The molecule has 0 spiro atoms. The fourth-order valence-corrected chi connectivity index (χ4v) is 3.12. The van der Waals surface area contributed by atoms with Crippen LogP contribution in [-0.4, -0.2) is 21.9 Å². The first-order valence-corrected chi connectivity index (χ1v) is 9.32. The number of aromatic nitrogens is 2. The highest BCUT2D eigenvalue weighted by Crippen LogP contribution is 2.29. The summed E-state index contributed by atoms with van der Waals surface area (Å²) in [7, 11) is 0. The van der Waals surface area contributed by atoms with Crippen LogP contribution >= 0.6 is 23.1 Å². The van der Waals surface area contributed by atoms with E-state index in [1.165, 1.54) is 17.8 Å². The van der Waals surface area contributed by atoms with Gasteiger partial charge in [0, 0.05) is 16.7 Å². The van der Waals surface area contributed by atoms with Crippen LogP contribution in [0.25, 0.3) is 17.5 Å². The zero-order valence-corrected chi connectivity index (χ0v) is 14.8. The van der Waals surface area contributed by atoms with Crippen LogP contribution in [0, 0.1) is 0 Å². The van der Waals surface area contributed by atoms with Crippen molar-refractivity contribution in [3.8, 4) is 11.5 Å². The first kappa shape index (κ1) is 17.2. The Kier molecular flexibility index (Phi) is 5.81. The van der Waals surface area contributed by atoms with Crippen molar-refractivity contribution in [2.24, 2.45) is 0 Å². The van der Waals surface area contributed by atoms with Gasteiger partial charge in [-0.25, -0.2) is 0 Å². The third-order valence-electron chi connectivity index (χ3n) is 3.09. The number of amides is 1. The molecule has 2 aromatic heterocycles. The standard InChI is InChI=1S/C18H15N3O2S2/c1-2-11-25-18-21-20-17(23-18)14-7-3-4-8-15(14)19-16(22)10-9-13-6-5-12-24-13/h2-10,12H,1,11H2,(H,19,22). The molecule has 25 heavy (non-hydrogen) atoms. The van der Waals surface area contributed by atoms with Gasteiger partial charge in [0.15, 0.2) is 0 Å². The zero-order chi connectivity index (χ0) is 17.5. The molecular formula is C18H15N3O2S2. The fourth-order valence-electron chi connectivity index (χ4n) is 2.00. The number of rotatable bonds is 7. The number of benzene rings is 1. The second-order valence-corrected chi connectivity index (χ2v) is 6.81. The van der Waals surface area contributed by atoms with E-state index in [-0.39, 0.29) is 5.91 Å². The Labute approximate surface area is 153 Å². The highest BCUT2D eigenvalue weighted by Gasteiger charge is 2.13. The topological polar surface area (TPSA) is 68.0 Å². The molecule has 1 aromatic carbocycles. The molecule has 0 aliphatic heterocycles. The van der Waals surface area contributed by atoms with E-state index in [1.54, 1.807) is 29.6 Å². The summed E-state index contributed by atoms with van der Waals surface area (Å²) in [5, 5.41) is 13.3. The van der Waals surface area contributed by atoms with Crippen LogP contribution in [0.4, 0.5) is 5.69 Å². The molecule has 0 saturated heterocycles. The highest BCUT2D eigenvalue weighted by molar-refractivity contribution is 7.99. The van der Waals surface area contributed by atoms with E-state index >= 15 is 0 Å². The van der Waals surface area contributed by atoms with Gasteiger partial charge in [0.25, 0.3) is 11.1 Å². The smallest absolute Gasteiger partial charge is 0.277 e. The molecule has 5 nitrogen and oxygen atoms in total. The largest absolute Gasteiger partial charge is 0.411 e. The number of nitrogens with zero attached hydrogens (tertiary/aromatic N) is 2. The van der Waals surface area contributed by atoms with Gasteiger partial charge in [-0.1, -0.05) is 36.0 Å². The molecule has 0 unspecified atom stereocenters. The van der Waals surface area contributed by atoms with Crippen LogP contribution in [0.15, 0.2) is 70.1 Å². The van der Waals surface area contributed by atoms with Crippen molar-refractivity contribution in [2.75, 3.05) is 11.1 Å². The second kappa shape index (κ2) is 8.46. The maximum Gasteiger partial charge on any atom is 0.277 e. The van der Waals surface area contributed by atoms with E-state index in [0.29, 0.717) is 28.1 Å². The molecule has 0 aliphatic rings. The first-order valence-electron chi connectivity index (χ1n) is 7.45. The lowest BCUT2D eigenvalue weighted by Crippen LogP contribution is -2.08. The average molecular weight is 369 g/mol. The molecule has 0 aliphatic carbocycles. The van der Waals surface area contributed by atoms with Gasteiger partial charge in [0.05, 0.1) is 11.3 Å². The number of hydrogen-bond acceptors (Lipinski definition) is 6. The molecule has 0 atom stereocenters. The Morgan fingerprint density at radius 3 is 2.96 bits per heavy atom. The monoisotopic (exact) mass is 369 g/mol. The quantitative estimate of drug-likeness (QED) is 0.370. The van der Waals surface area contributed by atoms with Gasteiger partial charge in [-0.15, -0.1) is 28.1 Å². The summed E-state index contributed by atoms with van der Waals surface area (Å²) in [4.78, 5) is 13.2. The Hall–Kier alpha value is -2.64. The summed E-state index contributed by atoms with van der Waals surface area (Å²) >= 11 is 2.98. The lowest BCUT2D eigenvalue weighted by Gasteiger charge is -2.06. The van der Waals surface area contributed by atoms with Gasteiger partial charge in [-0.2, -0.15) is 0 Å². The number of nitrogens with one attached hydrogen (secondary N) is 1. The molecule has 1 amide bonds. The molecule has 3 aromatic rings. The maximum atomic E-state index is 12.2. The van der Waals surface area contributed by atoms with Crippen molar-refractivity contribution in [3.05, 3.63) is 65.4 Å². The SMILES string of the molecule is C=CCSc1nnc(-c2ccccc2NC(=O)C=Cc2cccs2)o1. The minimum absolute atomic E-state index is 0.221. The Morgan fingerprint density at radius 1 is 1.28 bits per heavy atom. The van der Waals surface area contributed by atoms with Gasteiger partial charge in [0.2, 0.25) is 5.91 Å². The average Bonchev–Trinajstić information content (AvgIpc) is 3.30. The molecule has 0 radical (unpaired) electrons. The van der Waals surface area contributed by atoms with E-state index in [2.05, 4.69) is 22.1 Å². The molecular weight excluding hydrogens is 354 g/mol. The molecule has 7 heteroatoms. The predicted octanol–water partition coefficient (Wildman–Crippen LogP) is 4.73. The van der Waals surface area contributed by atoms with Crippen LogP contribution < -0.4 is 5.32 Å². The van der Waals surface area contributed by atoms with Crippen LogP contribution in [0.2, 0.25) is 0 Å². The van der Waals surface area contributed by atoms with Crippen molar-refractivity contribution in [2.45, 2.75) is 5.22 Å². The number of thiophene rings is 1. The summed E-state index contributed by atoms with van der Waals surface area (Å²) in [5.41, 5.74) is 1.30. The van der Waals surface area contributed by atoms with Crippen molar-refractivity contribution < 1.29 is 9.21 Å². The van der Waals surface area contributed by atoms with Crippen LogP contribution in [0.5, 0.6) is 0 Å². The van der Waals surface area contributed by atoms with Gasteiger partial charge in [-0.3, -0.25) is 4.79 Å². The van der Waals surface area contributed by atoms with E-state index in [4.69, 9.17) is 4.42 Å². The number of hydrogen-bond donors (Lipinski definition) is 1. The van der Waals surface area contributed by atoms with E-state index in [1.807, 2.05) is 35.7 Å². The number of thioether (sulfide) groups is 1. The van der Waals surface area contributed by atoms with Crippen LogP contribution in [0.3, 0.4) is 0 Å². The van der Waals surface area contributed by atoms with Gasteiger partial charge >= 0.3 is 0 Å². The van der Waals surface area contributed by atoms with Crippen molar-refractivity contribution >= 4 is 40.8 Å². The molecule has 0 bridgehead atoms. The molecule has 3 rings (SSSR count). The Balaban J connectivity index is 1.75. The van der Waals surface area contributed by atoms with Gasteiger partial charge in [-0.05, 0) is 29.7 Å². The maximum absolute atomic E-state index is 12.2. The summed E-state index contributed by atoms with van der Waals surface area (Å²) in [6.07, 6.45) is 5.05. The number of carbonyl (C=O) groups is 1. The Morgan fingerprint density at radius 2 is 2.16 bits per heavy atom. The van der Waals surface area contributed by atoms with Gasteiger partial charge < -0.3 is 9.73 Å². The minimum Gasteiger partial charge on any atom is -0.411 e. The van der Waals surface area contributed by atoms with Gasteiger partial charge in [0.1, 0.15) is 0 Å². The highest BCUT2D eigenvalue weighted by atomic mass is 32.2. The van der Waals surface area contributed by atoms with E-state index in [0.717, 1.165) is 4.88 Å². The summed E-state index contributed by atoms with van der Waals surface area (Å²) in [6.45, 7) is 3.66. The summed E-state index contributed by atoms with van der Waals surface area (Å²) < 4.78 is 5.64. The first-order chi connectivity index (χ1) is 12.3. The second-order valence-electron chi connectivity index (χ2n) is 4.86. The lowest BCUT2D eigenvalue weighted by molar-refractivity contribution is -0.111. The molecule has 0 fully saturated rings. The number of para-hydroxylation sites is 1. The molecule has 126 valence electrons. The minimum atomic E-state index is -0.221. The summed E-state index contributed by atoms with van der Waals surface area (Å²) in [5.74, 6) is 0.833. The lowest BCUT2D eigenvalue weighted by atomic mass is 10.1. The van der Waals surface area contributed by atoms with Crippen LogP contribution in [0.1, 0.15) is 4.88 Å². The molecule has 2 heterocycles. The third-order valence-corrected chi connectivity index (χ3v) is 4.74. The summed E-state index contributed by atoms with van der Waals surface area (Å²) in [6, 6.07) is 11.2. The predicted molar refractivity (Wildman–Crippen MR) is 103 cm³/mol. The van der Waals surface area contributed by atoms with Crippen molar-refractivity contribution in [1.29, 1.82) is 0 Å². The molecule has 0 saturated carbocycles. The Bertz CT molecular complexity index is 885. The normalized spacial score (nSPS) is 10.9. The van der Waals surface area contributed by atoms with Crippen molar-refractivity contribution in [1.82, 2.24) is 10.2 Å². The number of carbonyl (C=O) groups excluding carboxylic acids is 1. The van der Waals surface area contributed by atoms with Crippen LogP contribution in [-0.2, 0) is 4.79 Å². The molecule has 1 N–H and O–H groups in total. The zero-order valence-electron chi connectivity index (χ0n) is 13.2.